The van der Waals surface area contributed by atoms with Gasteiger partial charge in [0.05, 0.1) is 0 Å². The molecule has 1 aliphatic heterocycles. The van der Waals surface area contributed by atoms with Gasteiger partial charge in [-0.25, -0.2) is 4.98 Å². The SMILES string of the molecule is CN1CCC[C@H]1c1cnc(Cl)cc1[C@H](O)c1cccc2ccccc12. The Kier molecular flexibility index (Phi) is 4.46. The van der Waals surface area contributed by atoms with Gasteiger partial charge in [0.15, 0.2) is 0 Å². The molecule has 1 fully saturated rings. The number of likely N-dealkylation sites (tertiary alicyclic amines) is 1. The van der Waals surface area contributed by atoms with Gasteiger partial charge in [-0.15, -0.1) is 0 Å². The number of rotatable bonds is 3. The summed E-state index contributed by atoms with van der Waals surface area (Å²) in [6.45, 7) is 1.07. The minimum absolute atomic E-state index is 0.282. The molecule has 0 radical (unpaired) electrons. The van der Waals surface area contributed by atoms with Gasteiger partial charge < -0.3 is 5.11 Å². The van der Waals surface area contributed by atoms with E-state index < -0.39 is 6.10 Å². The first kappa shape index (κ1) is 16.5. The maximum Gasteiger partial charge on any atom is 0.129 e. The van der Waals surface area contributed by atoms with Gasteiger partial charge in [0.2, 0.25) is 0 Å². The number of hydrogen-bond donors (Lipinski definition) is 1. The summed E-state index contributed by atoms with van der Waals surface area (Å²) < 4.78 is 0. The number of benzene rings is 2. The van der Waals surface area contributed by atoms with Crippen LogP contribution < -0.4 is 0 Å². The van der Waals surface area contributed by atoms with Crippen LogP contribution in [0.4, 0.5) is 0 Å². The highest BCUT2D eigenvalue weighted by Gasteiger charge is 2.28. The van der Waals surface area contributed by atoms with E-state index >= 15 is 0 Å². The molecule has 0 bridgehead atoms. The third kappa shape index (κ3) is 3.04. The molecule has 3 nitrogen and oxygen atoms in total. The van der Waals surface area contributed by atoms with Crippen LogP contribution in [0.25, 0.3) is 10.8 Å². The highest BCUT2D eigenvalue weighted by Crippen LogP contribution is 2.38. The summed E-state index contributed by atoms with van der Waals surface area (Å²) in [6, 6.07) is 16.3. The van der Waals surface area contributed by atoms with Crippen molar-refractivity contribution in [2.24, 2.45) is 0 Å². The van der Waals surface area contributed by atoms with Crippen LogP contribution in [-0.4, -0.2) is 28.6 Å². The molecule has 4 heteroatoms. The van der Waals surface area contributed by atoms with E-state index in [4.69, 9.17) is 11.6 Å². The predicted molar refractivity (Wildman–Crippen MR) is 102 cm³/mol. The Bertz CT molecular complexity index is 906. The van der Waals surface area contributed by atoms with E-state index in [1.165, 1.54) is 0 Å². The molecule has 1 aromatic heterocycles. The van der Waals surface area contributed by atoms with Crippen molar-refractivity contribution in [2.75, 3.05) is 13.6 Å². The predicted octanol–water partition coefficient (Wildman–Crippen LogP) is 4.74. The number of halogens is 1. The zero-order chi connectivity index (χ0) is 17.4. The van der Waals surface area contributed by atoms with E-state index in [1.807, 2.05) is 36.5 Å². The van der Waals surface area contributed by atoms with Crippen LogP contribution in [0.3, 0.4) is 0 Å². The first-order chi connectivity index (χ1) is 12.1. The molecular formula is C21H21ClN2O. The van der Waals surface area contributed by atoms with Crippen molar-refractivity contribution in [3.8, 4) is 0 Å². The van der Waals surface area contributed by atoms with Gasteiger partial charge in [0.25, 0.3) is 0 Å². The van der Waals surface area contributed by atoms with Gasteiger partial charge in [-0.1, -0.05) is 54.1 Å². The van der Waals surface area contributed by atoms with E-state index in [2.05, 4.69) is 35.1 Å². The normalized spacial score (nSPS) is 19.4. The van der Waals surface area contributed by atoms with E-state index in [0.717, 1.165) is 46.8 Å². The van der Waals surface area contributed by atoms with Crippen LogP contribution in [0.1, 0.15) is 41.7 Å². The van der Waals surface area contributed by atoms with Gasteiger partial charge in [0.1, 0.15) is 11.3 Å². The molecule has 0 aliphatic carbocycles. The van der Waals surface area contributed by atoms with E-state index in [-0.39, 0.29) is 6.04 Å². The highest BCUT2D eigenvalue weighted by atomic mass is 35.5. The number of aliphatic hydroxyl groups excluding tert-OH is 1. The van der Waals surface area contributed by atoms with Crippen molar-refractivity contribution < 1.29 is 5.11 Å². The molecule has 25 heavy (non-hydrogen) atoms. The molecule has 2 atom stereocenters. The van der Waals surface area contributed by atoms with Gasteiger partial charge in [-0.3, -0.25) is 4.90 Å². The Morgan fingerprint density at radius 3 is 2.76 bits per heavy atom. The second kappa shape index (κ2) is 6.75. The lowest BCUT2D eigenvalue weighted by Gasteiger charge is -2.25. The molecule has 0 unspecified atom stereocenters. The standard InChI is InChI=1S/C21H21ClN2O/c1-24-11-5-10-19(24)18-13-23-20(22)12-17(18)21(25)16-9-4-7-14-6-2-3-8-15(14)16/h2-4,6-9,12-13,19,21,25H,5,10-11H2,1H3/t19-,21+/m0/s1. The van der Waals surface area contributed by atoms with Gasteiger partial charge >= 0.3 is 0 Å². The zero-order valence-corrected chi connectivity index (χ0v) is 14.9. The molecule has 0 spiro atoms. The maximum atomic E-state index is 11.2. The fourth-order valence-corrected chi connectivity index (χ4v) is 4.10. The lowest BCUT2D eigenvalue weighted by molar-refractivity contribution is 0.216. The Balaban J connectivity index is 1.84. The van der Waals surface area contributed by atoms with Gasteiger partial charge in [-0.05, 0) is 60.0 Å². The molecular weight excluding hydrogens is 332 g/mol. The molecule has 1 saturated heterocycles. The van der Waals surface area contributed by atoms with Crippen molar-refractivity contribution in [3.63, 3.8) is 0 Å². The van der Waals surface area contributed by atoms with Crippen LogP contribution >= 0.6 is 11.6 Å². The number of fused-ring (bicyclic) bond motifs is 1. The second-order valence-electron chi connectivity index (χ2n) is 6.75. The smallest absolute Gasteiger partial charge is 0.129 e. The molecule has 128 valence electrons. The first-order valence-corrected chi connectivity index (χ1v) is 9.04. The third-order valence-corrected chi connectivity index (χ3v) is 5.43. The molecule has 2 aromatic carbocycles. The maximum absolute atomic E-state index is 11.2. The zero-order valence-electron chi connectivity index (χ0n) is 14.2. The van der Waals surface area contributed by atoms with E-state index in [1.54, 1.807) is 0 Å². The van der Waals surface area contributed by atoms with Gasteiger partial charge in [0, 0.05) is 12.2 Å². The van der Waals surface area contributed by atoms with E-state index in [9.17, 15) is 5.11 Å². The van der Waals surface area contributed by atoms with Crippen LogP contribution in [0, 0.1) is 0 Å². The number of hydrogen-bond acceptors (Lipinski definition) is 3. The highest BCUT2D eigenvalue weighted by molar-refractivity contribution is 6.29. The number of aliphatic hydroxyl groups is 1. The second-order valence-corrected chi connectivity index (χ2v) is 7.13. The minimum Gasteiger partial charge on any atom is -0.384 e. The third-order valence-electron chi connectivity index (χ3n) is 5.23. The van der Waals surface area contributed by atoms with Gasteiger partial charge in [-0.2, -0.15) is 0 Å². The van der Waals surface area contributed by atoms with Crippen LogP contribution in [0.5, 0.6) is 0 Å². The quantitative estimate of drug-likeness (QED) is 0.692. The number of pyridine rings is 1. The average Bonchev–Trinajstić information content (AvgIpc) is 3.06. The first-order valence-electron chi connectivity index (χ1n) is 8.66. The van der Waals surface area contributed by atoms with Crippen molar-refractivity contribution >= 4 is 22.4 Å². The summed E-state index contributed by atoms with van der Waals surface area (Å²) in [5, 5.41) is 13.8. The summed E-state index contributed by atoms with van der Waals surface area (Å²) in [5.41, 5.74) is 2.84. The lowest BCUT2D eigenvalue weighted by Crippen LogP contribution is -2.20. The molecule has 1 aliphatic rings. The van der Waals surface area contributed by atoms with Crippen LogP contribution in [-0.2, 0) is 0 Å². The van der Waals surface area contributed by atoms with Crippen molar-refractivity contribution in [1.82, 2.24) is 9.88 Å². The summed E-state index contributed by atoms with van der Waals surface area (Å²) >= 11 is 6.17. The van der Waals surface area contributed by atoms with Crippen molar-refractivity contribution in [3.05, 3.63) is 76.6 Å². The summed E-state index contributed by atoms with van der Waals surface area (Å²) in [4.78, 5) is 6.61. The largest absolute Gasteiger partial charge is 0.384 e. The van der Waals surface area contributed by atoms with Crippen molar-refractivity contribution in [2.45, 2.75) is 25.0 Å². The number of nitrogens with zero attached hydrogens (tertiary/aromatic N) is 2. The fraction of sp³-hybridized carbons (Fsp3) is 0.286. The molecule has 2 heterocycles. The molecule has 0 amide bonds. The fourth-order valence-electron chi connectivity index (χ4n) is 3.93. The lowest BCUT2D eigenvalue weighted by atomic mass is 9.91. The average molecular weight is 353 g/mol. The molecule has 3 aromatic rings. The Labute approximate surface area is 152 Å². The minimum atomic E-state index is -0.726. The number of aromatic nitrogens is 1. The summed E-state index contributed by atoms with van der Waals surface area (Å²) in [7, 11) is 2.13. The van der Waals surface area contributed by atoms with Crippen LogP contribution in [0.15, 0.2) is 54.7 Å². The Morgan fingerprint density at radius 1 is 1.16 bits per heavy atom. The molecule has 4 rings (SSSR count). The summed E-state index contributed by atoms with van der Waals surface area (Å²) in [6.07, 6.45) is 3.34. The Hall–Kier alpha value is -1.94. The molecule has 1 N–H and O–H groups in total. The van der Waals surface area contributed by atoms with E-state index in [0.29, 0.717) is 5.15 Å². The van der Waals surface area contributed by atoms with Crippen molar-refractivity contribution in [1.29, 1.82) is 0 Å². The molecule has 0 saturated carbocycles. The van der Waals surface area contributed by atoms with Crippen LogP contribution in [0.2, 0.25) is 5.15 Å². The topological polar surface area (TPSA) is 36.4 Å². The monoisotopic (exact) mass is 352 g/mol. The summed E-state index contributed by atoms with van der Waals surface area (Å²) in [5.74, 6) is 0. The Morgan fingerprint density at radius 2 is 1.96 bits per heavy atom.